The lowest BCUT2D eigenvalue weighted by molar-refractivity contribution is -0.124. The highest BCUT2D eigenvalue weighted by atomic mass is 79.9. The standard InChI is InChI=1S/C25H22BrCl2N3O3S/c1-25(14-16-7-9-17(26)10-8-16)23(32)30(20-12-18(27)11-19(28)13-20)24-29-15-22(31(24)25)35(33,34)21-5-3-2-4-6-21/h3,5,7-13,15,21H,2,4,6,14H2,1H3/t21?,25-/m1/s1. The zero-order valence-electron chi connectivity index (χ0n) is 18.8. The Hall–Kier alpha value is -2.13. The molecule has 1 unspecified atom stereocenters. The van der Waals surface area contributed by atoms with Gasteiger partial charge in [-0.3, -0.25) is 9.36 Å². The molecular weight excluding hydrogens is 573 g/mol. The zero-order valence-corrected chi connectivity index (χ0v) is 22.7. The number of hydrogen-bond acceptors (Lipinski definition) is 4. The minimum absolute atomic E-state index is 0.0348. The van der Waals surface area contributed by atoms with Crippen molar-refractivity contribution < 1.29 is 13.2 Å². The van der Waals surface area contributed by atoms with Gasteiger partial charge in [-0.25, -0.2) is 18.3 Å². The molecule has 0 N–H and O–H groups in total. The molecule has 35 heavy (non-hydrogen) atoms. The summed E-state index contributed by atoms with van der Waals surface area (Å²) >= 11 is 15.9. The van der Waals surface area contributed by atoms with E-state index >= 15 is 0 Å². The molecule has 2 aliphatic rings. The second-order valence-electron chi connectivity index (χ2n) is 9.02. The molecule has 182 valence electrons. The SMILES string of the molecule is C[C@@]1(Cc2ccc(Br)cc2)C(=O)N(c2cc(Cl)cc(Cl)c2)c2ncc(S(=O)(=O)C3C=CCCC3)n21. The number of carbonyl (C=O) groups excluding carboxylic acids is 1. The number of fused-ring (bicyclic) bond motifs is 1. The van der Waals surface area contributed by atoms with Gasteiger partial charge in [-0.2, -0.15) is 0 Å². The number of nitrogens with zero attached hydrogens (tertiary/aromatic N) is 3. The van der Waals surface area contributed by atoms with Crippen LogP contribution in [0.3, 0.4) is 0 Å². The third-order valence-electron chi connectivity index (χ3n) is 6.54. The van der Waals surface area contributed by atoms with Crippen molar-refractivity contribution in [2.75, 3.05) is 4.90 Å². The van der Waals surface area contributed by atoms with Crippen molar-refractivity contribution in [3.05, 3.63) is 80.9 Å². The number of sulfone groups is 1. The highest BCUT2D eigenvalue weighted by Crippen LogP contribution is 2.45. The van der Waals surface area contributed by atoms with Crippen molar-refractivity contribution in [3.63, 3.8) is 0 Å². The number of imidazole rings is 1. The van der Waals surface area contributed by atoms with Crippen molar-refractivity contribution in [2.45, 2.75) is 48.4 Å². The van der Waals surface area contributed by atoms with Crippen molar-refractivity contribution in [3.8, 4) is 0 Å². The van der Waals surface area contributed by atoms with Crippen molar-refractivity contribution in [1.82, 2.24) is 9.55 Å². The van der Waals surface area contributed by atoms with Gasteiger partial charge in [-0.1, -0.05) is 63.4 Å². The first-order valence-electron chi connectivity index (χ1n) is 11.2. The van der Waals surface area contributed by atoms with Gasteiger partial charge in [0.1, 0.15) is 5.54 Å². The molecule has 0 saturated heterocycles. The second-order valence-corrected chi connectivity index (χ2v) is 12.9. The summed E-state index contributed by atoms with van der Waals surface area (Å²) in [5.41, 5.74) is 0.0749. The van der Waals surface area contributed by atoms with Gasteiger partial charge in [-0.05, 0) is 62.1 Å². The van der Waals surface area contributed by atoms with Crippen molar-refractivity contribution >= 4 is 66.5 Å². The Balaban J connectivity index is 1.70. The topological polar surface area (TPSA) is 72.3 Å². The van der Waals surface area contributed by atoms with Crippen LogP contribution in [0.2, 0.25) is 10.0 Å². The van der Waals surface area contributed by atoms with Crippen LogP contribution in [0.15, 0.2) is 70.3 Å². The molecule has 10 heteroatoms. The first kappa shape index (κ1) is 24.6. The predicted molar refractivity (Wildman–Crippen MR) is 141 cm³/mol. The van der Waals surface area contributed by atoms with Gasteiger partial charge in [0.25, 0.3) is 5.91 Å². The quantitative estimate of drug-likeness (QED) is 0.317. The van der Waals surface area contributed by atoms with Gasteiger partial charge < -0.3 is 0 Å². The number of allylic oxidation sites excluding steroid dienone is 1. The number of carbonyl (C=O) groups is 1. The predicted octanol–water partition coefficient (Wildman–Crippen LogP) is 6.47. The number of rotatable bonds is 5. The number of aromatic nitrogens is 2. The minimum Gasteiger partial charge on any atom is -0.285 e. The first-order valence-corrected chi connectivity index (χ1v) is 14.2. The third-order valence-corrected chi connectivity index (χ3v) is 9.56. The van der Waals surface area contributed by atoms with Crippen LogP contribution in [-0.4, -0.2) is 29.1 Å². The van der Waals surface area contributed by atoms with Crippen LogP contribution in [0.25, 0.3) is 0 Å². The minimum atomic E-state index is -3.78. The fourth-order valence-corrected chi connectivity index (χ4v) is 7.45. The molecule has 2 heterocycles. The van der Waals surface area contributed by atoms with Crippen molar-refractivity contribution in [2.24, 2.45) is 0 Å². The highest BCUT2D eigenvalue weighted by Gasteiger charge is 2.52. The maximum atomic E-state index is 14.1. The molecule has 2 aromatic carbocycles. The highest BCUT2D eigenvalue weighted by molar-refractivity contribution is 9.10. The van der Waals surface area contributed by atoms with E-state index in [-0.39, 0.29) is 23.3 Å². The fourth-order valence-electron chi connectivity index (χ4n) is 4.83. The Bertz CT molecular complexity index is 1430. The van der Waals surface area contributed by atoms with E-state index in [1.165, 1.54) is 11.1 Å². The van der Waals surface area contributed by atoms with E-state index < -0.39 is 20.6 Å². The molecule has 2 atom stereocenters. The Morgan fingerprint density at radius 2 is 1.83 bits per heavy atom. The Kier molecular flexibility index (Phi) is 6.36. The largest absolute Gasteiger partial charge is 0.285 e. The summed E-state index contributed by atoms with van der Waals surface area (Å²) in [6, 6.07) is 12.4. The van der Waals surface area contributed by atoms with Gasteiger partial charge in [0.2, 0.25) is 15.8 Å². The number of anilines is 2. The monoisotopic (exact) mass is 593 g/mol. The second kappa shape index (κ2) is 9.07. The van der Waals surface area contributed by atoms with Crippen LogP contribution in [0.1, 0.15) is 31.7 Å². The molecule has 1 amide bonds. The average molecular weight is 595 g/mol. The molecule has 5 rings (SSSR count). The maximum Gasteiger partial charge on any atom is 0.260 e. The van der Waals surface area contributed by atoms with E-state index in [9.17, 15) is 13.2 Å². The van der Waals surface area contributed by atoms with Gasteiger partial charge in [0.15, 0.2) is 5.03 Å². The van der Waals surface area contributed by atoms with E-state index in [1.54, 1.807) is 35.8 Å². The maximum absolute atomic E-state index is 14.1. The molecule has 0 fully saturated rings. The summed E-state index contributed by atoms with van der Waals surface area (Å²) in [4.78, 5) is 19.9. The Morgan fingerprint density at radius 3 is 2.46 bits per heavy atom. The third kappa shape index (κ3) is 4.24. The van der Waals surface area contributed by atoms with Crippen LogP contribution >= 0.6 is 39.1 Å². The molecule has 0 spiro atoms. The molecule has 0 radical (unpaired) electrons. The lowest BCUT2D eigenvalue weighted by atomic mass is 9.92. The molecular formula is C25H22BrCl2N3O3S. The average Bonchev–Trinajstić information content (AvgIpc) is 3.34. The molecule has 3 aromatic rings. The smallest absolute Gasteiger partial charge is 0.260 e. The number of hydrogen-bond donors (Lipinski definition) is 0. The number of benzene rings is 2. The number of halogens is 3. The van der Waals surface area contributed by atoms with Crippen LogP contribution in [-0.2, 0) is 26.6 Å². The first-order chi connectivity index (χ1) is 16.6. The molecule has 6 nitrogen and oxygen atoms in total. The normalized spacial score (nSPS) is 22.0. The van der Waals surface area contributed by atoms with Gasteiger partial charge >= 0.3 is 0 Å². The fraction of sp³-hybridized carbons (Fsp3) is 0.280. The summed E-state index contributed by atoms with van der Waals surface area (Å²) in [6.07, 6.45) is 7.47. The Labute approximate surface area is 222 Å². The van der Waals surface area contributed by atoms with Gasteiger partial charge in [0.05, 0.1) is 17.1 Å². The summed E-state index contributed by atoms with van der Waals surface area (Å²) in [5.74, 6) is -0.0798. The summed E-state index contributed by atoms with van der Waals surface area (Å²) < 4.78 is 30.0. The van der Waals surface area contributed by atoms with Gasteiger partial charge in [0, 0.05) is 20.9 Å². The summed E-state index contributed by atoms with van der Waals surface area (Å²) in [5, 5.41) is 0.103. The molecule has 1 aromatic heterocycles. The lowest BCUT2D eigenvalue weighted by Crippen LogP contribution is -2.42. The van der Waals surface area contributed by atoms with Crippen LogP contribution in [0, 0.1) is 0 Å². The summed E-state index contributed by atoms with van der Waals surface area (Å²) in [6.45, 7) is 1.75. The molecule has 1 aliphatic heterocycles. The van der Waals surface area contributed by atoms with E-state index in [0.29, 0.717) is 22.2 Å². The summed E-state index contributed by atoms with van der Waals surface area (Å²) in [7, 11) is -3.78. The molecule has 0 saturated carbocycles. The van der Waals surface area contributed by atoms with E-state index in [4.69, 9.17) is 23.2 Å². The number of amides is 1. The van der Waals surface area contributed by atoms with Crippen LogP contribution in [0.4, 0.5) is 11.6 Å². The lowest BCUT2D eigenvalue weighted by Gasteiger charge is -2.27. The van der Waals surface area contributed by atoms with E-state index in [1.807, 2.05) is 30.3 Å². The molecule has 0 bridgehead atoms. The Morgan fingerprint density at radius 1 is 1.14 bits per heavy atom. The zero-order chi connectivity index (χ0) is 25.0. The van der Waals surface area contributed by atoms with Crippen LogP contribution in [0.5, 0.6) is 0 Å². The van der Waals surface area contributed by atoms with E-state index in [2.05, 4.69) is 20.9 Å². The van der Waals surface area contributed by atoms with Gasteiger partial charge in [-0.15, -0.1) is 0 Å². The molecule has 1 aliphatic carbocycles. The van der Waals surface area contributed by atoms with Crippen LogP contribution < -0.4 is 4.90 Å². The van der Waals surface area contributed by atoms with E-state index in [0.717, 1.165) is 22.9 Å². The van der Waals surface area contributed by atoms with Crippen molar-refractivity contribution in [1.29, 1.82) is 0 Å².